The highest BCUT2D eigenvalue weighted by molar-refractivity contribution is 5.94. The molecule has 18 heavy (non-hydrogen) atoms. The first-order valence-electron chi connectivity index (χ1n) is 6.17. The first kappa shape index (κ1) is 12.8. The number of hydrogen-bond acceptors (Lipinski definition) is 4. The average molecular weight is 247 g/mol. The zero-order valence-electron chi connectivity index (χ0n) is 10.5. The summed E-state index contributed by atoms with van der Waals surface area (Å²) < 4.78 is 4.88. The molecule has 0 aliphatic carbocycles. The molecule has 4 heteroatoms. The van der Waals surface area contributed by atoms with Crippen LogP contribution >= 0.6 is 0 Å². The predicted molar refractivity (Wildman–Crippen MR) is 66.9 cm³/mol. The number of Topliss-reactive ketones (excluding diaryl/α,β-unsaturated/α-hetero) is 1. The molecule has 2 rings (SSSR count). The summed E-state index contributed by atoms with van der Waals surface area (Å²) in [7, 11) is 0. The van der Waals surface area contributed by atoms with Crippen molar-refractivity contribution >= 4 is 11.8 Å². The Morgan fingerprint density at radius 3 is 2.72 bits per heavy atom. The molecule has 0 aromatic heterocycles. The average Bonchev–Trinajstić information content (AvgIpc) is 2.37. The summed E-state index contributed by atoms with van der Waals surface area (Å²) in [5.74, 6) is -0.174. The highest BCUT2D eigenvalue weighted by Crippen LogP contribution is 2.20. The quantitative estimate of drug-likeness (QED) is 0.738. The van der Waals surface area contributed by atoms with Gasteiger partial charge >= 0.3 is 5.97 Å². The topological polar surface area (TPSA) is 46.6 Å². The summed E-state index contributed by atoms with van der Waals surface area (Å²) in [6, 6.07) is 9.63. The second-order valence-electron chi connectivity index (χ2n) is 4.38. The second kappa shape index (κ2) is 5.78. The maximum Gasteiger partial charge on any atom is 0.307 e. The van der Waals surface area contributed by atoms with E-state index in [1.807, 2.05) is 35.2 Å². The van der Waals surface area contributed by atoms with Gasteiger partial charge in [-0.15, -0.1) is 0 Å². The fourth-order valence-corrected chi connectivity index (χ4v) is 2.11. The van der Waals surface area contributed by atoms with E-state index < -0.39 is 0 Å². The normalized spacial score (nSPS) is 19.4. The highest BCUT2D eigenvalue weighted by Gasteiger charge is 2.38. The van der Waals surface area contributed by atoms with Crippen molar-refractivity contribution in [2.45, 2.75) is 25.9 Å². The minimum Gasteiger partial charge on any atom is -0.466 e. The summed E-state index contributed by atoms with van der Waals surface area (Å²) in [5, 5.41) is 0. The summed E-state index contributed by atoms with van der Waals surface area (Å²) in [4.78, 5) is 24.9. The highest BCUT2D eigenvalue weighted by atomic mass is 16.5. The second-order valence-corrected chi connectivity index (χ2v) is 4.38. The third-order valence-corrected chi connectivity index (χ3v) is 3.07. The van der Waals surface area contributed by atoms with Crippen molar-refractivity contribution in [3.63, 3.8) is 0 Å². The lowest BCUT2D eigenvalue weighted by atomic mass is 9.97. The van der Waals surface area contributed by atoms with E-state index in [1.165, 1.54) is 0 Å². The standard InChI is InChI=1S/C14H17NO3/c1-2-18-14(17)8-12-13(16)10-15(12)9-11-6-4-3-5-7-11/h3-7,12H,2,8-10H2,1H3. The van der Waals surface area contributed by atoms with Gasteiger partial charge in [0, 0.05) is 6.54 Å². The van der Waals surface area contributed by atoms with Crippen molar-refractivity contribution in [3.05, 3.63) is 35.9 Å². The molecule has 1 aliphatic rings. The summed E-state index contributed by atoms with van der Waals surface area (Å²) >= 11 is 0. The molecule has 1 fully saturated rings. The molecule has 1 aromatic rings. The molecule has 0 saturated carbocycles. The van der Waals surface area contributed by atoms with Gasteiger partial charge in [-0.3, -0.25) is 14.5 Å². The first-order valence-corrected chi connectivity index (χ1v) is 6.17. The maximum atomic E-state index is 11.5. The van der Waals surface area contributed by atoms with Crippen molar-refractivity contribution in [1.82, 2.24) is 4.90 Å². The number of ketones is 1. The van der Waals surface area contributed by atoms with E-state index in [0.717, 1.165) is 5.56 Å². The SMILES string of the molecule is CCOC(=O)CC1C(=O)CN1Cc1ccccc1. The Labute approximate surface area is 107 Å². The van der Waals surface area contributed by atoms with Crippen LogP contribution in [0, 0.1) is 0 Å². The van der Waals surface area contributed by atoms with Gasteiger partial charge in [-0.25, -0.2) is 0 Å². The lowest BCUT2D eigenvalue weighted by Crippen LogP contribution is -2.57. The Bertz CT molecular complexity index is 430. The molecule has 1 atom stereocenters. The number of likely N-dealkylation sites (tertiary alicyclic amines) is 1. The molecule has 1 unspecified atom stereocenters. The Morgan fingerprint density at radius 1 is 1.39 bits per heavy atom. The summed E-state index contributed by atoms with van der Waals surface area (Å²) in [6.45, 7) is 3.26. The first-order chi connectivity index (χ1) is 8.70. The number of hydrogen-bond donors (Lipinski definition) is 0. The Hall–Kier alpha value is -1.68. The minimum absolute atomic E-state index is 0.124. The lowest BCUT2D eigenvalue weighted by molar-refractivity contribution is -0.151. The molecular formula is C14H17NO3. The third-order valence-electron chi connectivity index (χ3n) is 3.07. The molecule has 96 valence electrons. The Balaban J connectivity index is 1.90. The molecule has 1 heterocycles. The number of ether oxygens (including phenoxy) is 1. The molecule has 0 radical (unpaired) electrons. The smallest absolute Gasteiger partial charge is 0.307 e. The van der Waals surface area contributed by atoms with E-state index in [9.17, 15) is 9.59 Å². The van der Waals surface area contributed by atoms with Gasteiger partial charge in [-0.2, -0.15) is 0 Å². The molecule has 0 spiro atoms. The van der Waals surface area contributed by atoms with Crippen LogP contribution in [0.3, 0.4) is 0 Å². The molecule has 0 bridgehead atoms. The number of nitrogens with zero attached hydrogens (tertiary/aromatic N) is 1. The molecule has 1 aromatic carbocycles. The fourth-order valence-electron chi connectivity index (χ4n) is 2.11. The molecule has 1 aliphatic heterocycles. The van der Waals surface area contributed by atoms with Crippen LogP contribution in [0.25, 0.3) is 0 Å². The Morgan fingerprint density at radius 2 is 2.11 bits per heavy atom. The van der Waals surface area contributed by atoms with Gasteiger partial charge < -0.3 is 4.74 Å². The number of carbonyl (C=O) groups excluding carboxylic acids is 2. The number of esters is 1. The molecule has 1 saturated heterocycles. The number of rotatable bonds is 5. The fraction of sp³-hybridized carbons (Fsp3) is 0.429. The van der Waals surface area contributed by atoms with Crippen LogP contribution < -0.4 is 0 Å². The third kappa shape index (κ3) is 2.96. The van der Waals surface area contributed by atoms with Crippen molar-refractivity contribution in [3.8, 4) is 0 Å². The minimum atomic E-state index is -0.302. The van der Waals surface area contributed by atoms with E-state index in [0.29, 0.717) is 19.7 Å². The van der Waals surface area contributed by atoms with Gasteiger partial charge in [0.2, 0.25) is 0 Å². The van der Waals surface area contributed by atoms with E-state index in [1.54, 1.807) is 6.92 Å². The van der Waals surface area contributed by atoms with Gasteiger partial charge in [-0.1, -0.05) is 30.3 Å². The number of benzene rings is 1. The maximum absolute atomic E-state index is 11.5. The van der Waals surface area contributed by atoms with Crippen LogP contribution in [0.4, 0.5) is 0 Å². The predicted octanol–water partition coefficient (Wildman–Crippen LogP) is 1.39. The molecular weight excluding hydrogens is 230 g/mol. The van der Waals surface area contributed by atoms with Gasteiger partial charge in [0.15, 0.2) is 5.78 Å². The van der Waals surface area contributed by atoms with E-state index in [4.69, 9.17) is 4.74 Å². The zero-order chi connectivity index (χ0) is 13.0. The largest absolute Gasteiger partial charge is 0.466 e. The van der Waals surface area contributed by atoms with Gasteiger partial charge in [0.05, 0.1) is 25.6 Å². The summed E-state index contributed by atoms with van der Waals surface area (Å²) in [5.41, 5.74) is 1.15. The van der Waals surface area contributed by atoms with Gasteiger partial charge in [-0.05, 0) is 12.5 Å². The van der Waals surface area contributed by atoms with E-state index >= 15 is 0 Å². The van der Waals surface area contributed by atoms with Crippen molar-refractivity contribution < 1.29 is 14.3 Å². The van der Waals surface area contributed by atoms with Crippen LogP contribution in [0.5, 0.6) is 0 Å². The van der Waals surface area contributed by atoms with Gasteiger partial charge in [0.1, 0.15) is 0 Å². The van der Waals surface area contributed by atoms with Crippen LogP contribution in [0.2, 0.25) is 0 Å². The molecule has 4 nitrogen and oxygen atoms in total. The van der Waals surface area contributed by atoms with E-state index in [-0.39, 0.29) is 24.2 Å². The monoisotopic (exact) mass is 247 g/mol. The van der Waals surface area contributed by atoms with Crippen LogP contribution in [-0.2, 0) is 20.9 Å². The van der Waals surface area contributed by atoms with Crippen molar-refractivity contribution in [2.75, 3.05) is 13.2 Å². The van der Waals surface area contributed by atoms with Crippen molar-refractivity contribution in [2.24, 2.45) is 0 Å². The van der Waals surface area contributed by atoms with Crippen molar-refractivity contribution in [1.29, 1.82) is 0 Å². The van der Waals surface area contributed by atoms with E-state index in [2.05, 4.69) is 0 Å². The van der Waals surface area contributed by atoms with Crippen LogP contribution in [0.15, 0.2) is 30.3 Å². The number of carbonyl (C=O) groups is 2. The summed E-state index contributed by atoms with van der Waals surface area (Å²) in [6.07, 6.45) is 0.166. The Kier molecular flexibility index (Phi) is 4.10. The molecule has 0 N–H and O–H groups in total. The molecule has 0 amide bonds. The van der Waals surface area contributed by atoms with Gasteiger partial charge in [0.25, 0.3) is 0 Å². The van der Waals surface area contributed by atoms with Crippen LogP contribution in [-0.4, -0.2) is 35.8 Å². The van der Waals surface area contributed by atoms with Crippen LogP contribution in [0.1, 0.15) is 18.9 Å². The zero-order valence-corrected chi connectivity index (χ0v) is 10.5. The lowest BCUT2D eigenvalue weighted by Gasteiger charge is -2.38.